The van der Waals surface area contributed by atoms with Gasteiger partial charge >= 0.3 is 0 Å². The monoisotopic (exact) mass is 340 g/mol. The molecule has 3 heteroatoms. The molecule has 5 atom stereocenters. The van der Waals surface area contributed by atoms with Crippen molar-refractivity contribution < 1.29 is 14.7 Å². The van der Waals surface area contributed by atoms with Gasteiger partial charge in [0, 0.05) is 28.4 Å². The van der Waals surface area contributed by atoms with Gasteiger partial charge in [0.15, 0.2) is 5.76 Å². The van der Waals surface area contributed by atoms with Crippen LogP contribution in [0.25, 0.3) is 0 Å². The second kappa shape index (κ2) is 5.18. The number of hydrogen-bond acceptors (Lipinski definition) is 3. The number of carbonyl (C=O) groups is 2. The van der Waals surface area contributed by atoms with Gasteiger partial charge in [-0.3, -0.25) is 9.59 Å². The molecule has 0 bridgehead atoms. The predicted octanol–water partition coefficient (Wildman–Crippen LogP) is 4.70. The lowest BCUT2D eigenvalue weighted by Crippen LogP contribution is -2.51. The van der Waals surface area contributed by atoms with Crippen LogP contribution in [0.3, 0.4) is 0 Å². The summed E-state index contributed by atoms with van der Waals surface area (Å²) >= 11 is 0. The van der Waals surface area contributed by atoms with Gasteiger partial charge in [-0.05, 0) is 55.4 Å². The van der Waals surface area contributed by atoms with Crippen LogP contribution in [0, 0.1) is 28.6 Å². The molecule has 0 aromatic heterocycles. The number of fused-ring (bicyclic) bond motifs is 5. The standard InChI is InChI=1S/C22H28O3/c1-5-13-11-22(4)16-8-9-21(3)15(6-7-17(21)23)14(16)10-12(2)18(22)20(25)19(13)24/h11,14-16,25H,2,5-10H2,1,3-4H3/t14-,15-,16-,21-,22+/m0/s1. The number of Topliss-reactive ketones (excluding diaryl/α,β-unsaturated/α-hetero) is 2. The number of aliphatic hydroxyl groups excluding tert-OH is 1. The topological polar surface area (TPSA) is 54.4 Å². The molecule has 0 heterocycles. The number of aliphatic hydroxyl groups is 1. The number of allylic oxidation sites excluding steroid dienone is 4. The molecule has 0 aliphatic heterocycles. The third-order valence-corrected chi connectivity index (χ3v) is 7.89. The molecular weight excluding hydrogens is 312 g/mol. The highest BCUT2D eigenvalue weighted by Gasteiger charge is 2.60. The molecule has 1 N–H and O–H groups in total. The molecule has 0 aromatic rings. The van der Waals surface area contributed by atoms with Gasteiger partial charge < -0.3 is 5.11 Å². The van der Waals surface area contributed by atoms with Crippen LogP contribution in [0.2, 0.25) is 0 Å². The summed E-state index contributed by atoms with van der Waals surface area (Å²) in [5.41, 5.74) is 1.86. The van der Waals surface area contributed by atoms with Crippen molar-refractivity contribution >= 4 is 11.6 Å². The van der Waals surface area contributed by atoms with Gasteiger partial charge in [-0.1, -0.05) is 33.4 Å². The molecule has 0 aromatic carbocycles. The fraction of sp³-hybridized carbons (Fsp3) is 0.636. The molecule has 25 heavy (non-hydrogen) atoms. The highest BCUT2D eigenvalue weighted by molar-refractivity contribution is 6.09. The van der Waals surface area contributed by atoms with Crippen LogP contribution in [0.5, 0.6) is 0 Å². The first-order valence-electron chi connectivity index (χ1n) is 9.65. The van der Waals surface area contributed by atoms with Crippen molar-refractivity contribution in [1.82, 2.24) is 0 Å². The number of rotatable bonds is 1. The Labute approximate surface area is 149 Å². The zero-order chi connectivity index (χ0) is 18.1. The highest BCUT2D eigenvalue weighted by Crippen LogP contribution is 2.65. The second-order valence-corrected chi connectivity index (χ2v) is 8.96. The molecule has 0 unspecified atom stereocenters. The molecule has 4 aliphatic rings. The molecule has 0 amide bonds. The maximum absolute atomic E-state index is 12.5. The van der Waals surface area contributed by atoms with Crippen LogP contribution in [-0.2, 0) is 9.59 Å². The van der Waals surface area contributed by atoms with E-state index in [-0.39, 0.29) is 22.4 Å². The first-order chi connectivity index (χ1) is 11.7. The van der Waals surface area contributed by atoms with Crippen LogP contribution in [0.15, 0.2) is 35.1 Å². The van der Waals surface area contributed by atoms with Crippen LogP contribution < -0.4 is 0 Å². The molecular formula is C22H28O3. The van der Waals surface area contributed by atoms with E-state index in [9.17, 15) is 14.7 Å². The summed E-state index contributed by atoms with van der Waals surface area (Å²) in [6, 6.07) is 0. The summed E-state index contributed by atoms with van der Waals surface area (Å²) in [4.78, 5) is 25.0. The molecule has 3 nitrogen and oxygen atoms in total. The number of carbonyl (C=O) groups excluding carboxylic acids is 2. The number of ketones is 2. The molecule has 4 aliphatic carbocycles. The maximum Gasteiger partial charge on any atom is 0.223 e. The van der Waals surface area contributed by atoms with Gasteiger partial charge in [-0.2, -0.15) is 0 Å². The quantitative estimate of drug-likeness (QED) is 0.753. The van der Waals surface area contributed by atoms with E-state index in [1.54, 1.807) is 0 Å². The van der Waals surface area contributed by atoms with Crippen molar-refractivity contribution in [1.29, 1.82) is 0 Å². The Bertz CT molecular complexity index is 755. The zero-order valence-electron chi connectivity index (χ0n) is 15.5. The Hall–Kier alpha value is -1.64. The lowest BCUT2D eigenvalue weighted by atomic mass is 9.47. The van der Waals surface area contributed by atoms with E-state index in [0.717, 1.165) is 36.8 Å². The van der Waals surface area contributed by atoms with Crippen LogP contribution >= 0.6 is 0 Å². The van der Waals surface area contributed by atoms with E-state index >= 15 is 0 Å². The molecule has 3 fully saturated rings. The molecule has 0 saturated heterocycles. The average Bonchev–Trinajstić information content (AvgIpc) is 2.86. The van der Waals surface area contributed by atoms with Crippen LogP contribution in [-0.4, -0.2) is 16.7 Å². The van der Waals surface area contributed by atoms with Gasteiger partial charge in [-0.25, -0.2) is 0 Å². The Kier molecular flexibility index (Phi) is 3.49. The smallest absolute Gasteiger partial charge is 0.223 e. The third-order valence-electron chi connectivity index (χ3n) is 7.89. The molecule has 0 radical (unpaired) electrons. The lowest BCUT2D eigenvalue weighted by molar-refractivity contribution is -0.131. The van der Waals surface area contributed by atoms with Crippen molar-refractivity contribution in [2.24, 2.45) is 28.6 Å². The van der Waals surface area contributed by atoms with Crippen molar-refractivity contribution in [3.63, 3.8) is 0 Å². The summed E-state index contributed by atoms with van der Waals surface area (Å²) in [5.74, 6) is 1.31. The predicted molar refractivity (Wildman–Crippen MR) is 97.0 cm³/mol. The minimum atomic E-state index is -0.337. The van der Waals surface area contributed by atoms with E-state index in [0.29, 0.717) is 42.0 Å². The SMILES string of the molecule is C=C1C[C@@H]2[C@H](CC[C@]3(C)C(=O)CC[C@@H]23)[C@@]2(C)C=C(CC)C(=O)C(O)=C12. The minimum Gasteiger partial charge on any atom is -0.504 e. The van der Waals surface area contributed by atoms with Crippen LogP contribution in [0.4, 0.5) is 0 Å². The molecule has 0 spiro atoms. The fourth-order valence-corrected chi connectivity index (χ4v) is 6.60. The lowest BCUT2D eigenvalue weighted by Gasteiger charge is -2.56. The van der Waals surface area contributed by atoms with Crippen molar-refractivity contribution in [3.8, 4) is 0 Å². The first kappa shape index (κ1) is 16.8. The highest BCUT2D eigenvalue weighted by atomic mass is 16.3. The minimum absolute atomic E-state index is 0.0823. The van der Waals surface area contributed by atoms with E-state index < -0.39 is 0 Å². The Morgan fingerprint density at radius 1 is 1.24 bits per heavy atom. The van der Waals surface area contributed by atoms with E-state index in [2.05, 4.69) is 26.5 Å². The Balaban J connectivity index is 1.83. The van der Waals surface area contributed by atoms with Gasteiger partial charge in [0.1, 0.15) is 5.78 Å². The number of hydrogen-bond donors (Lipinski definition) is 1. The Morgan fingerprint density at radius 3 is 2.64 bits per heavy atom. The van der Waals surface area contributed by atoms with Gasteiger partial charge in [-0.15, -0.1) is 0 Å². The van der Waals surface area contributed by atoms with Crippen molar-refractivity contribution in [2.75, 3.05) is 0 Å². The second-order valence-electron chi connectivity index (χ2n) is 8.96. The van der Waals surface area contributed by atoms with E-state index in [4.69, 9.17) is 0 Å². The largest absolute Gasteiger partial charge is 0.504 e. The summed E-state index contributed by atoms with van der Waals surface area (Å²) < 4.78 is 0. The van der Waals surface area contributed by atoms with Gasteiger partial charge in [0.25, 0.3) is 0 Å². The summed E-state index contributed by atoms with van der Waals surface area (Å²) in [5, 5.41) is 10.7. The summed E-state index contributed by atoms with van der Waals surface area (Å²) in [7, 11) is 0. The third kappa shape index (κ3) is 1.98. The first-order valence-corrected chi connectivity index (χ1v) is 9.65. The van der Waals surface area contributed by atoms with Gasteiger partial charge in [0.05, 0.1) is 0 Å². The molecule has 4 rings (SSSR count). The van der Waals surface area contributed by atoms with Crippen molar-refractivity contribution in [2.45, 2.75) is 59.3 Å². The normalized spacial score (nSPS) is 43.6. The summed E-state index contributed by atoms with van der Waals surface area (Å²) in [6.45, 7) is 10.5. The zero-order valence-corrected chi connectivity index (χ0v) is 15.5. The molecule has 3 saturated carbocycles. The van der Waals surface area contributed by atoms with Gasteiger partial charge in [0.2, 0.25) is 5.78 Å². The van der Waals surface area contributed by atoms with Crippen molar-refractivity contribution in [3.05, 3.63) is 35.1 Å². The fourth-order valence-electron chi connectivity index (χ4n) is 6.60. The van der Waals surface area contributed by atoms with E-state index in [1.807, 2.05) is 6.92 Å². The van der Waals surface area contributed by atoms with E-state index in [1.165, 1.54) is 0 Å². The van der Waals surface area contributed by atoms with Crippen LogP contribution in [0.1, 0.15) is 59.3 Å². The maximum atomic E-state index is 12.5. The summed E-state index contributed by atoms with van der Waals surface area (Å²) in [6.07, 6.45) is 7.14. The Morgan fingerprint density at radius 2 is 1.96 bits per heavy atom. The average molecular weight is 340 g/mol. The molecule has 134 valence electrons.